The van der Waals surface area contributed by atoms with Gasteiger partial charge in [0.15, 0.2) is 0 Å². The van der Waals surface area contributed by atoms with E-state index in [9.17, 15) is 9.59 Å². The lowest BCUT2D eigenvalue weighted by Gasteiger charge is -2.05. The SMILES string of the molecule is CC(C)CCCCCCCCCCCCCCC(=O)O.CCCCCCCCCCCCCCCCC(C)C(=O)O. The lowest BCUT2D eigenvalue weighted by atomic mass is 10.0. The van der Waals surface area contributed by atoms with E-state index in [2.05, 4.69) is 20.8 Å². The van der Waals surface area contributed by atoms with E-state index >= 15 is 0 Å². The van der Waals surface area contributed by atoms with Crippen molar-refractivity contribution in [2.45, 2.75) is 214 Å². The van der Waals surface area contributed by atoms with E-state index in [1.165, 1.54) is 154 Å². The maximum absolute atomic E-state index is 10.7. The van der Waals surface area contributed by atoms with Crippen LogP contribution in [0.15, 0.2) is 0 Å². The van der Waals surface area contributed by atoms with Gasteiger partial charge in [0.05, 0.1) is 5.92 Å². The van der Waals surface area contributed by atoms with Crippen molar-refractivity contribution in [3.05, 3.63) is 0 Å². The fourth-order valence-electron chi connectivity index (χ4n) is 5.37. The molecule has 2 N–H and O–H groups in total. The van der Waals surface area contributed by atoms with E-state index in [0.29, 0.717) is 6.42 Å². The fraction of sp³-hybridized carbons (Fsp3) is 0.946. The molecule has 0 spiro atoms. The van der Waals surface area contributed by atoms with Gasteiger partial charge in [0.1, 0.15) is 0 Å². The van der Waals surface area contributed by atoms with Crippen LogP contribution in [0.2, 0.25) is 0 Å². The Morgan fingerprint density at radius 3 is 1.02 bits per heavy atom. The molecule has 0 amide bonds. The Morgan fingerprint density at radius 1 is 0.439 bits per heavy atom. The summed E-state index contributed by atoms with van der Waals surface area (Å²) in [6.07, 6.45) is 37.1. The number of aliphatic carboxylic acids is 2. The molecular weight excluding hydrogens is 508 g/mol. The third kappa shape index (κ3) is 41.1. The lowest BCUT2D eigenvalue weighted by Crippen LogP contribution is -2.08. The zero-order valence-electron chi connectivity index (χ0n) is 28.4. The highest BCUT2D eigenvalue weighted by atomic mass is 16.4. The summed E-state index contributed by atoms with van der Waals surface area (Å²) in [6.45, 7) is 8.70. The molecule has 4 heteroatoms. The predicted octanol–water partition coefficient (Wildman–Crippen LogP) is 12.8. The highest BCUT2D eigenvalue weighted by Gasteiger charge is 2.09. The van der Waals surface area contributed by atoms with Crippen LogP contribution >= 0.6 is 0 Å². The number of carbonyl (C=O) groups is 2. The Bertz CT molecular complexity index is 531. The fourth-order valence-corrected chi connectivity index (χ4v) is 5.37. The molecule has 1 atom stereocenters. The summed E-state index contributed by atoms with van der Waals surface area (Å²) in [7, 11) is 0. The largest absolute Gasteiger partial charge is 0.481 e. The summed E-state index contributed by atoms with van der Waals surface area (Å²) in [5.74, 6) is -0.601. The molecule has 0 fully saturated rings. The summed E-state index contributed by atoms with van der Waals surface area (Å²) in [6, 6.07) is 0. The molecule has 0 saturated heterocycles. The number of hydrogen-bond acceptors (Lipinski definition) is 2. The molecule has 41 heavy (non-hydrogen) atoms. The van der Waals surface area contributed by atoms with Gasteiger partial charge in [-0.25, -0.2) is 0 Å². The third-order valence-corrected chi connectivity index (χ3v) is 8.33. The molecule has 0 radical (unpaired) electrons. The number of hydrogen-bond donors (Lipinski definition) is 2. The van der Waals surface area contributed by atoms with Gasteiger partial charge >= 0.3 is 11.9 Å². The summed E-state index contributed by atoms with van der Waals surface area (Å²) < 4.78 is 0. The Labute approximate surface area is 257 Å². The molecule has 0 rings (SSSR count). The highest BCUT2D eigenvalue weighted by Crippen LogP contribution is 2.16. The molecule has 4 nitrogen and oxygen atoms in total. The van der Waals surface area contributed by atoms with Crippen molar-refractivity contribution in [3.8, 4) is 0 Å². The van der Waals surface area contributed by atoms with E-state index in [-0.39, 0.29) is 5.92 Å². The predicted molar refractivity (Wildman–Crippen MR) is 179 cm³/mol. The standard InChI is InChI=1S/C19H38O2.C18H36O2/c1-3-4-5-6-7-8-9-10-11-12-13-14-15-16-17-18(2)19(20)21;1-17(2)15-13-11-9-7-5-3-4-6-8-10-12-14-16-18(19)20/h18H,3-17H2,1-2H3,(H,20,21);17H,3-16H2,1-2H3,(H,19,20). The molecule has 0 aliphatic carbocycles. The van der Waals surface area contributed by atoms with Crippen molar-refractivity contribution in [3.63, 3.8) is 0 Å². The molecule has 0 aromatic heterocycles. The van der Waals surface area contributed by atoms with Crippen LogP contribution in [0.1, 0.15) is 214 Å². The normalized spacial score (nSPS) is 11.8. The van der Waals surface area contributed by atoms with Gasteiger partial charge < -0.3 is 10.2 Å². The average Bonchev–Trinajstić information content (AvgIpc) is 2.93. The Balaban J connectivity index is 0. The average molecular weight is 583 g/mol. The number of rotatable bonds is 31. The summed E-state index contributed by atoms with van der Waals surface area (Å²) >= 11 is 0. The van der Waals surface area contributed by atoms with Crippen molar-refractivity contribution in [1.82, 2.24) is 0 Å². The summed E-state index contributed by atoms with van der Waals surface area (Å²) in [5.41, 5.74) is 0. The lowest BCUT2D eigenvalue weighted by molar-refractivity contribution is -0.141. The van der Waals surface area contributed by atoms with E-state index in [1.807, 2.05) is 6.92 Å². The first-order valence-corrected chi connectivity index (χ1v) is 18.3. The number of carboxylic acid groups (broad SMARTS) is 2. The Hall–Kier alpha value is -1.06. The van der Waals surface area contributed by atoms with Crippen LogP contribution in [0, 0.1) is 11.8 Å². The molecular formula is C37H74O4. The Morgan fingerprint density at radius 2 is 0.732 bits per heavy atom. The molecule has 1 unspecified atom stereocenters. The van der Waals surface area contributed by atoms with Gasteiger partial charge in [0.25, 0.3) is 0 Å². The van der Waals surface area contributed by atoms with Crippen molar-refractivity contribution >= 4 is 11.9 Å². The molecule has 246 valence electrons. The minimum atomic E-state index is -0.654. The topological polar surface area (TPSA) is 74.6 Å². The first kappa shape index (κ1) is 42.1. The van der Waals surface area contributed by atoms with Crippen LogP contribution < -0.4 is 0 Å². The molecule has 0 bridgehead atoms. The van der Waals surface area contributed by atoms with Crippen molar-refractivity contribution in [2.24, 2.45) is 11.8 Å². The van der Waals surface area contributed by atoms with Crippen LogP contribution in [0.4, 0.5) is 0 Å². The van der Waals surface area contributed by atoms with Crippen LogP contribution in [-0.4, -0.2) is 22.2 Å². The van der Waals surface area contributed by atoms with Crippen LogP contribution in [0.25, 0.3) is 0 Å². The van der Waals surface area contributed by atoms with Gasteiger partial charge in [-0.3, -0.25) is 9.59 Å². The quantitative estimate of drug-likeness (QED) is 0.0797. The molecule has 0 aromatic rings. The monoisotopic (exact) mass is 583 g/mol. The molecule has 0 heterocycles. The summed E-state index contributed by atoms with van der Waals surface area (Å²) in [4.78, 5) is 21.0. The minimum absolute atomic E-state index is 0.165. The van der Waals surface area contributed by atoms with E-state index in [4.69, 9.17) is 10.2 Å². The van der Waals surface area contributed by atoms with Gasteiger partial charge in [-0.05, 0) is 18.8 Å². The van der Waals surface area contributed by atoms with E-state index < -0.39 is 11.9 Å². The van der Waals surface area contributed by atoms with Gasteiger partial charge in [-0.15, -0.1) is 0 Å². The second-order valence-electron chi connectivity index (χ2n) is 13.2. The smallest absolute Gasteiger partial charge is 0.306 e. The van der Waals surface area contributed by atoms with Gasteiger partial charge in [-0.1, -0.05) is 195 Å². The first-order valence-electron chi connectivity index (χ1n) is 18.3. The second kappa shape index (κ2) is 35.1. The number of unbranched alkanes of at least 4 members (excludes halogenated alkanes) is 24. The highest BCUT2D eigenvalue weighted by molar-refractivity contribution is 5.69. The van der Waals surface area contributed by atoms with Crippen LogP contribution in [-0.2, 0) is 9.59 Å². The summed E-state index contributed by atoms with van der Waals surface area (Å²) in [5, 5.41) is 17.3. The van der Waals surface area contributed by atoms with Crippen molar-refractivity contribution in [2.75, 3.05) is 0 Å². The zero-order chi connectivity index (χ0) is 30.8. The van der Waals surface area contributed by atoms with Crippen molar-refractivity contribution in [1.29, 1.82) is 0 Å². The molecule has 0 aromatic carbocycles. The van der Waals surface area contributed by atoms with E-state index in [0.717, 1.165) is 31.6 Å². The maximum atomic E-state index is 10.7. The van der Waals surface area contributed by atoms with Gasteiger partial charge in [0, 0.05) is 6.42 Å². The van der Waals surface area contributed by atoms with E-state index in [1.54, 1.807) is 0 Å². The Kier molecular flexibility index (Phi) is 36.1. The molecule has 0 aliphatic rings. The third-order valence-electron chi connectivity index (χ3n) is 8.33. The van der Waals surface area contributed by atoms with Crippen molar-refractivity contribution < 1.29 is 19.8 Å². The van der Waals surface area contributed by atoms with Crippen LogP contribution in [0.5, 0.6) is 0 Å². The second-order valence-corrected chi connectivity index (χ2v) is 13.2. The first-order chi connectivity index (χ1) is 19.8. The number of carboxylic acids is 2. The maximum Gasteiger partial charge on any atom is 0.306 e. The molecule has 0 aliphatic heterocycles. The van der Waals surface area contributed by atoms with Gasteiger partial charge in [0.2, 0.25) is 0 Å². The van der Waals surface area contributed by atoms with Crippen LogP contribution in [0.3, 0.4) is 0 Å². The molecule has 0 saturated carbocycles. The zero-order valence-corrected chi connectivity index (χ0v) is 28.4. The van der Waals surface area contributed by atoms with Gasteiger partial charge in [-0.2, -0.15) is 0 Å². The minimum Gasteiger partial charge on any atom is -0.481 e.